The van der Waals surface area contributed by atoms with Crippen LogP contribution in [-0.2, 0) is 10.1 Å². The highest BCUT2D eigenvalue weighted by Gasteiger charge is 2.21. The van der Waals surface area contributed by atoms with Crippen molar-refractivity contribution in [3.8, 4) is 34.0 Å². The molecule has 0 aliphatic rings. The van der Waals surface area contributed by atoms with E-state index in [1.165, 1.54) is 24.3 Å². The number of benzene rings is 4. The van der Waals surface area contributed by atoms with E-state index in [2.05, 4.69) is 9.97 Å². The molecule has 0 saturated heterocycles. The highest BCUT2D eigenvalue weighted by molar-refractivity contribution is 7.86. The number of ether oxygens (including phenoxy) is 1. The highest BCUT2D eigenvalue weighted by atomic mass is 32.2. The second kappa shape index (κ2) is 7.37. The Morgan fingerprint density at radius 1 is 0.938 bits per heavy atom. The summed E-state index contributed by atoms with van der Waals surface area (Å²) in [5, 5.41) is 10.9. The fourth-order valence-corrected chi connectivity index (χ4v) is 4.64. The van der Waals surface area contributed by atoms with E-state index in [1.807, 2.05) is 48.5 Å². The van der Waals surface area contributed by atoms with Gasteiger partial charge in [0.15, 0.2) is 0 Å². The summed E-state index contributed by atoms with van der Waals surface area (Å²) in [6, 6.07) is 21.4. The van der Waals surface area contributed by atoms with Gasteiger partial charge in [0.05, 0.1) is 23.6 Å². The van der Waals surface area contributed by atoms with Gasteiger partial charge in [0, 0.05) is 5.39 Å². The molecule has 0 spiro atoms. The lowest BCUT2D eigenvalue weighted by Gasteiger charge is -2.09. The molecule has 0 atom stereocenters. The molecule has 5 aromatic rings. The molecular weight excluding hydrogens is 428 g/mol. The predicted molar refractivity (Wildman–Crippen MR) is 123 cm³/mol. The van der Waals surface area contributed by atoms with Gasteiger partial charge in [0.25, 0.3) is 10.1 Å². The molecule has 0 aliphatic heterocycles. The van der Waals surface area contributed by atoms with Crippen LogP contribution in [-0.4, -0.2) is 35.2 Å². The Bertz CT molecular complexity index is 1590. The summed E-state index contributed by atoms with van der Waals surface area (Å²) in [5.41, 5.74) is 3.42. The molecule has 0 radical (unpaired) electrons. The van der Waals surface area contributed by atoms with Crippen molar-refractivity contribution in [3.63, 3.8) is 0 Å². The molecule has 5 rings (SSSR count). The molecule has 0 bridgehead atoms. The maximum atomic E-state index is 12.0. The first-order valence-corrected chi connectivity index (χ1v) is 11.2. The summed E-state index contributed by atoms with van der Waals surface area (Å²) in [6.45, 7) is 0. The van der Waals surface area contributed by atoms with Crippen molar-refractivity contribution in [2.45, 2.75) is 4.90 Å². The van der Waals surface area contributed by atoms with Gasteiger partial charge in [-0.25, -0.2) is 4.98 Å². The third-order valence-electron chi connectivity index (χ3n) is 5.39. The minimum atomic E-state index is -4.53. The molecule has 4 aromatic carbocycles. The Hall–Kier alpha value is -3.88. The van der Waals surface area contributed by atoms with Crippen molar-refractivity contribution in [1.82, 2.24) is 9.97 Å². The number of imidazole rings is 1. The van der Waals surface area contributed by atoms with Crippen molar-refractivity contribution in [2.75, 3.05) is 7.11 Å². The molecule has 8 heteroatoms. The van der Waals surface area contributed by atoms with Crippen LogP contribution >= 0.6 is 0 Å². The van der Waals surface area contributed by atoms with Gasteiger partial charge in [0.1, 0.15) is 27.7 Å². The summed E-state index contributed by atoms with van der Waals surface area (Å²) >= 11 is 0. The van der Waals surface area contributed by atoms with Gasteiger partial charge in [0.2, 0.25) is 0 Å². The monoisotopic (exact) mass is 446 g/mol. The number of H-pyrrole nitrogens is 1. The Morgan fingerprint density at radius 3 is 2.44 bits per heavy atom. The summed E-state index contributed by atoms with van der Waals surface area (Å²) in [5.74, 6) is 0.880. The number of hydrogen-bond donors (Lipinski definition) is 3. The van der Waals surface area contributed by atoms with E-state index < -0.39 is 10.1 Å². The molecule has 7 nitrogen and oxygen atoms in total. The number of aromatic nitrogens is 2. The van der Waals surface area contributed by atoms with Crippen LogP contribution in [0.2, 0.25) is 0 Å². The van der Waals surface area contributed by atoms with E-state index in [-0.39, 0.29) is 21.4 Å². The molecule has 0 fully saturated rings. The number of methoxy groups -OCH3 is 1. The summed E-state index contributed by atoms with van der Waals surface area (Å²) in [4.78, 5) is 7.43. The number of aromatic hydroxyl groups is 1. The summed E-state index contributed by atoms with van der Waals surface area (Å²) < 4.78 is 39.3. The van der Waals surface area contributed by atoms with Crippen LogP contribution < -0.4 is 4.74 Å². The van der Waals surface area contributed by atoms with E-state index >= 15 is 0 Å². The van der Waals surface area contributed by atoms with Gasteiger partial charge in [-0.1, -0.05) is 48.5 Å². The van der Waals surface area contributed by atoms with E-state index in [4.69, 9.17) is 4.74 Å². The maximum Gasteiger partial charge on any atom is 0.295 e. The molecule has 0 aliphatic carbocycles. The molecule has 32 heavy (non-hydrogen) atoms. The topological polar surface area (TPSA) is 113 Å². The van der Waals surface area contributed by atoms with Crippen molar-refractivity contribution in [3.05, 3.63) is 72.8 Å². The number of phenols is 1. The lowest BCUT2D eigenvalue weighted by molar-refractivity contribution is 0.416. The van der Waals surface area contributed by atoms with Crippen molar-refractivity contribution in [1.29, 1.82) is 0 Å². The Labute approximate surface area is 183 Å². The van der Waals surface area contributed by atoms with Gasteiger partial charge in [-0.05, 0) is 35.4 Å². The smallest absolute Gasteiger partial charge is 0.295 e. The normalized spacial score (nSPS) is 11.8. The quantitative estimate of drug-likeness (QED) is 0.335. The number of hydrogen-bond acceptors (Lipinski definition) is 5. The Kier molecular flexibility index (Phi) is 4.61. The zero-order chi connectivity index (χ0) is 22.5. The van der Waals surface area contributed by atoms with E-state index in [0.717, 1.165) is 11.1 Å². The largest absolute Gasteiger partial charge is 0.507 e. The van der Waals surface area contributed by atoms with Crippen molar-refractivity contribution < 1.29 is 22.8 Å². The zero-order valence-corrected chi connectivity index (χ0v) is 17.7. The zero-order valence-electron chi connectivity index (χ0n) is 16.9. The Balaban J connectivity index is 1.75. The van der Waals surface area contributed by atoms with Crippen LogP contribution in [0.15, 0.2) is 77.7 Å². The first-order chi connectivity index (χ1) is 15.4. The summed E-state index contributed by atoms with van der Waals surface area (Å²) in [7, 11) is -2.96. The minimum absolute atomic E-state index is 0.137. The number of rotatable bonds is 4. The predicted octanol–water partition coefficient (Wildman–Crippen LogP) is 5.01. The van der Waals surface area contributed by atoms with Crippen LogP contribution in [0.3, 0.4) is 0 Å². The number of aromatic amines is 1. The van der Waals surface area contributed by atoms with Gasteiger partial charge in [-0.3, -0.25) is 4.55 Å². The van der Waals surface area contributed by atoms with E-state index in [0.29, 0.717) is 28.2 Å². The van der Waals surface area contributed by atoms with Gasteiger partial charge in [-0.2, -0.15) is 8.42 Å². The number of phenolic OH excluding ortho intramolecular Hbond substituents is 1. The first-order valence-electron chi connectivity index (χ1n) is 9.72. The average molecular weight is 446 g/mol. The molecule has 1 heterocycles. The van der Waals surface area contributed by atoms with E-state index in [1.54, 1.807) is 7.11 Å². The lowest BCUT2D eigenvalue weighted by Crippen LogP contribution is -1.99. The van der Waals surface area contributed by atoms with E-state index in [9.17, 15) is 18.1 Å². The fourth-order valence-electron chi connectivity index (χ4n) is 3.92. The Morgan fingerprint density at radius 2 is 1.72 bits per heavy atom. The van der Waals surface area contributed by atoms with Gasteiger partial charge in [-0.15, -0.1) is 0 Å². The third-order valence-corrected chi connectivity index (χ3v) is 6.29. The maximum absolute atomic E-state index is 12.0. The summed E-state index contributed by atoms with van der Waals surface area (Å²) in [6.07, 6.45) is 0. The second-order valence-corrected chi connectivity index (χ2v) is 8.70. The fraction of sp³-hybridized carbons (Fsp3) is 0.0417. The molecular formula is C24H18N2O5S. The number of nitrogens with zero attached hydrogens (tertiary/aromatic N) is 1. The van der Waals surface area contributed by atoms with Crippen LogP contribution in [0.25, 0.3) is 44.3 Å². The van der Waals surface area contributed by atoms with Crippen LogP contribution in [0, 0.1) is 0 Å². The molecule has 1 aromatic heterocycles. The SMILES string of the molecule is COc1cc(-c2ccccc2)ccc1-c1nc2c(cc(S(=O)(=O)O)c3cccc(O)c32)[nH]1. The van der Waals surface area contributed by atoms with Crippen LogP contribution in [0.1, 0.15) is 0 Å². The standard InChI is InChI=1S/C24H18N2O5S/c1-31-20-12-15(14-6-3-2-4-7-14)10-11-16(20)24-25-18-13-21(32(28,29)30)17-8-5-9-19(27)22(17)23(18)26-24/h2-13,27H,1H3,(H,25,26)(H,28,29,30). The molecule has 0 saturated carbocycles. The molecule has 3 N–H and O–H groups in total. The molecule has 160 valence electrons. The lowest BCUT2D eigenvalue weighted by atomic mass is 10.0. The third kappa shape index (κ3) is 3.26. The number of nitrogens with one attached hydrogen (secondary N) is 1. The van der Waals surface area contributed by atoms with Crippen molar-refractivity contribution >= 4 is 31.9 Å². The van der Waals surface area contributed by atoms with Crippen molar-refractivity contribution in [2.24, 2.45) is 0 Å². The molecule has 0 unspecified atom stereocenters. The van der Waals surface area contributed by atoms with Crippen LogP contribution in [0.5, 0.6) is 11.5 Å². The van der Waals surface area contributed by atoms with Gasteiger partial charge < -0.3 is 14.8 Å². The molecule has 0 amide bonds. The number of fused-ring (bicyclic) bond motifs is 3. The second-order valence-electron chi connectivity index (χ2n) is 7.31. The average Bonchev–Trinajstić information content (AvgIpc) is 3.22. The van der Waals surface area contributed by atoms with Gasteiger partial charge >= 0.3 is 0 Å². The van der Waals surface area contributed by atoms with Crippen LogP contribution in [0.4, 0.5) is 0 Å². The highest BCUT2D eigenvalue weighted by Crippen LogP contribution is 2.39. The minimum Gasteiger partial charge on any atom is -0.507 e. The first kappa shape index (κ1) is 20.0.